The van der Waals surface area contributed by atoms with Crippen LogP contribution in [0.2, 0.25) is 5.02 Å². The summed E-state index contributed by atoms with van der Waals surface area (Å²) in [5, 5.41) is 4.28. The predicted molar refractivity (Wildman–Crippen MR) is 96.4 cm³/mol. The summed E-state index contributed by atoms with van der Waals surface area (Å²) in [7, 11) is 1.91. The van der Waals surface area contributed by atoms with Crippen molar-refractivity contribution in [2.24, 2.45) is 0 Å². The lowest BCUT2D eigenvalue weighted by Crippen LogP contribution is -2.49. The van der Waals surface area contributed by atoms with Gasteiger partial charge >= 0.3 is 0 Å². The number of carbonyl (C=O) groups is 1. The highest BCUT2D eigenvalue weighted by molar-refractivity contribution is 6.30. The van der Waals surface area contributed by atoms with Crippen molar-refractivity contribution in [3.05, 3.63) is 41.2 Å². The Morgan fingerprint density at radius 3 is 2.64 bits per heavy atom. The molecule has 2 atom stereocenters. The zero-order valence-corrected chi connectivity index (χ0v) is 15.0. The van der Waals surface area contributed by atoms with E-state index in [1.165, 1.54) is 12.8 Å². The van der Waals surface area contributed by atoms with Crippen molar-refractivity contribution in [2.75, 3.05) is 7.05 Å². The highest BCUT2D eigenvalue weighted by Crippen LogP contribution is 2.29. The van der Waals surface area contributed by atoms with Crippen molar-refractivity contribution in [3.8, 4) is 11.5 Å². The summed E-state index contributed by atoms with van der Waals surface area (Å²) in [6.45, 7) is 0. The summed E-state index contributed by atoms with van der Waals surface area (Å²) in [4.78, 5) is 19.0. The van der Waals surface area contributed by atoms with E-state index in [1.54, 1.807) is 18.4 Å². The van der Waals surface area contributed by atoms with Crippen LogP contribution in [0.3, 0.4) is 0 Å². The molecule has 132 valence electrons. The van der Waals surface area contributed by atoms with Crippen LogP contribution in [0.5, 0.6) is 0 Å². The van der Waals surface area contributed by atoms with E-state index < -0.39 is 0 Å². The number of nitrogens with one attached hydrogen (secondary N) is 1. The number of benzene rings is 1. The summed E-state index contributed by atoms with van der Waals surface area (Å²) in [6.07, 6.45) is 6.41. The second-order valence-electron chi connectivity index (χ2n) is 7.10. The number of hydrogen-bond donors (Lipinski definition) is 1. The second-order valence-corrected chi connectivity index (χ2v) is 7.53. The average molecular weight is 360 g/mol. The minimum atomic E-state index is 0.0993. The van der Waals surface area contributed by atoms with Crippen LogP contribution in [0.25, 0.3) is 11.5 Å². The minimum Gasteiger partial charge on any atom is -0.444 e. The van der Waals surface area contributed by atoms with E-state index in [1.807, 2.05) is 24.1 Å². The summed E-state index contributed by atoms with van der Waals surface area (Å²) in [5.74, 6) is 0.615. The van der Waals surface area contributed by atoms with Gasteiger partial charge < -0.3 is 14.6 Å². The third kappa shape index (κ3) is 3.58. The summed E-state index contributed by atoms with van der Waals surface area (Å²) in [6, 6.07) is 8.78. The van der Waals surface area contributed by atoms with Gasteiger partial charge in [0.25, 0.3) is 0 Å². The topological polar surface area (TPSA) is 58.4 Å². The van der Waals surface area contributed by atoms with Crippen LogP contribution in [0.15, 0.2) is 34.9 Å². The number of rotatable bonds is 4. The van der Waals surface area contributed by atoms with E-state index in [-0.39, 0.29) is 12.3 Å². The van der Waals surface area contributed by atoms with E-state index in [9.17, 15) is 4.79 Å². The normalized spacial score (nSPS) is 25.1. The zero-order valence-electron chi connectivity index (χ0n) is 14.2. The lowest BCUT2D eigenvalue weighted by Gasteiger charge is -2.35. The number of amides is 1. The molecule has 0 saturated carbocycles. The van der Waals surface area contributed by atoms with E-state index in [0.29, 0.717) is 34.7 Å². The summed E-state index contributed by atoms with van der Waals surface area (Å²) < 4.78 is 5.53. The Morgan fingerprint density at radius 2 is 1.96 bits per heavy atom. The number of fused-ring (bicyclic) bond motifs is 2. The van der Waals surface area contributed by atoms with Gasteiger partial charge in [-0.1, -0.05) is 11.6 Å². The summed E-state index contributed by atoms with van der Waals surface area (Å²) in [5.41, 5.74) is 1.52. The van der Waals surface area contributed by atoms with Gasteiger partial charge in [-0.05, 0) is 49.9 Å². The van der Waals surface area contributed by atoms with E-state index in [0.717, 1.165) is 18.4 Å². The highest BCUT2D eigenvalue weighted by Gasteiger charge is 2.36. The first-order chi connectivity index (χ1) is 12.1. The molecule has 2 aliphatic heterocycles. The van der Waals surface area contributed by atoms with Crippen LogP contribution < -0.4 is 5.32 Å². The lowest BCUT2D eigenvalue weighted by molar-refractivity contribution is -0.132. The van der Waals surface area contributed by atoms with Crippen LogP contribution in [-0.2, 0) is 11.2 Å². The maximum atomic E-state index is 12.6. The molecule has 2 aromatic rings. The first-order valence-electron chi connectivity index (χ1n) is 8.80. The predicted octanol–water partition coefficient (Wildman–Crippen LogP) is 3.28. The number of nitrogens with zero attached hydrogens (tertiary/aromatic N) is 2. The summed E-state index contributed by atoms with van der Waals surface area (Å²) >= 11 is 5.90. The SMILES string of the molecule is CN(C(=O)Cc1coc(-c2ccc(Cl)cc2)n1)C1CC2CCC(C1)N2. The van der Waals surface area contributed by atoms with Gasteiger partial charge in [-0.25, -0.2) is 4.98 Å². The lowest BCUT2D eigenvalue weighted by atomic mass is 9.98. The Balaban J connectivity index is 1.40. The number of likely N-dealkylation sites (N-methyl/N-ethyl adjacent to an activating group) is 1. The Bertz CT molecular complexity index is 746. The standard InChI is InChI=1S/C19H22ClN3O2/c1-23(17-8-14-6-7-15(9-17)21-14)18(24)10-16-11-25-19(22-16)12-2-4-13(20)5-3-12/h2-5,11,14-15,17,21H,6-10H2,1H3. The number of carbonyl (C=O) groups excluding carboxylic acids is 1. The molecule has 2 unspecified atom stereocenters. The quantitative estimate of drug-likeness (QED) is 0.910. The van der Waals surface area contributed by atoms with E-state index >= 15 is 0 Å². The van der Waals surface area contributed by atoms with E-state index in [4.69, 9.17) is 16.0 Å². The van der Waals surface area contributed by atoms with Gasteiger partial charge in [0.05, 0.1) is 12.1 Å². The molecule has 1 amide bonds. The number of aromatic nitrogens is 1. The largest absolute Gasteiger partial charge is 0.444 e. The number of piperidine rings is 1. The number of hydrogen-bond acceptors (Lipinski definition) is 4. The van der Waals surface area contributed by atoms with Crippen molar-refractivity contribution in [2.45, 2.75) is 50.2 Å². The van der Waals surface area contributed by atoms with Crippen molar-refractivity contribution in [1.82, 2.24) is 15.2 Å². The second kappa shape index (κ2) is 6.81. The minimum absolute atomic E-state index is 0.0993. The highest BCUT2D eigenvalue weighted by atomic mass is 35.5. The smallest absolute Gasteiger partial charge is 0.228 e. The zero-order chi connectivity index (χ0) is 17.4. The molecule has 2 bridgehead atoms. The first-order valence-corrected chi connectivity index (χ1v) is 9.18. The van der Waals surface area contributed by atoms with Gasteiger partial charge in [0, 0.05) is 35.8 Å². The molecule has 25 heavy (non-hydrogen) atoms. The molecule has 1 aromatic carbocycles. The maximum Gasteiger partial charge on any atom is 0.228 e. The number of halogens is 1. The first kappa shape index (κ1) is 16.6. The molecule has 0 spiro atoms. The van der Waals surface area contributed by atoms with Crippen LogP contribution in [0, 0.1) is 0 Å². The van der Waals surface area contributed by atoms with Crippen molar-refractivity contribution < 1.29 is 9.21 Å². The third-order valence-corrected chi connectivity index (χ3v) is 5.62. The van der Waals surface area contributed by atoms with Crippen LogP contribution >= 0.6 is 11.6 Å². The molecule has 2 saturated heterocycles. The molecule has 3 heterocycles. The molecule has 6 heteroatoms. The molecule has 2 aliphatic rings. The Kier molecular flexibility index (Phi) is 4.52. The number of oxazole rings is 1. The molecule has 1 aromatic heterocycles. The van der Waals surface area contributed by atoms with Gasteiger partial charge in [0.2, 0.25) is 11.8 Å². The average Bonchev–Trinajstić information content (AvgIpc) is 3.21. The van der Waals surface area contributed by atoms with Crippen molar-refractivity contribution in [3.63, 3.8) is 0 Å². The molecular formula is C19H22ClN3O2. The van der Waals surface area contributed by atoms with Gasteiger partial charge in [0.15, 0.2) is 0 Å². The van der Waals surface area contributed by atoms with Crippen molar-refractivity contribution in [1.29, 1.82) is 0 Å². The van der Waals surface area contributed by atoms with Crippen molar-refractivity contribution >= 4 is 17.5 Å². The van der Waals surface area contributed by atoms with Crippen LogP contribution in [0.1, 0.15) is 31.4 Å². The van der Waals surface area contributed by atoms with Gasteiger partial charge in [-0.15, -0.1) is 0 Å². The third-order valence-electron chi connectivity index (χ3n) is 5.36. The Labute approximate surface area is 152 Å². The molecule has 4 rings (SSSR count). The van der Waals surface area contributed by atoms with Crippen LogP contribution in [0.4, 0.5) is 0 Å². The molecule has 1 N–H and O–H groups in total. The van der Waals surface area contributed by atoms with Gasteiger partial charge in [-0.3, -0.25) is 4.79 Å². The maximum absolute atomic E-state index is 12.6. The van der Waals surface area contributed by atoms with Crippen LogP contribution in [-0.4, -0.2) is 41.0 Å². The fourth-order valence-corrected chi connectivity index (χ4v) is 4.07. The monoisotopic (exact) mass is 359 g/mol. The van der Waals surface area contributed by atoms with E-state index in [2.05, 4.69) is 10.3 Å². The van der Waals surface area contributed by atoms with Gasteiger partial charge in [0.1, 0.15) is 6.26 Å². The Morgan fingerprint density at radius 1 is 1.28 bits per heavy atom. The molecule has 0 radical (unpaired) electrons. The van der Waals surface area contributed by atoms with Gasteiger partial charge in [-0.2, -0.15) is 0 Å². The molecular weight excluding hydrogens is 338 g/mol. The fraction of sp³-hybridized carbons (Fsp3) is 0.474. The molecule has 0 aliphatic carbocycles. The Hall–Kier alpha value is -1.85. The molecule has 5 nitrogen and oxygen atoms in total. The molecule has 2 fully saturated rings. The fourth-order valence-electron chi connectivity index (χ4n) is 3.94.